The molecule has 0 aliphatic carbocycles. The molecular formula is C12H18N2O2S. The standard InChI is InChI=1S/C12H18N2O2S/c1-8(2)13-11(15)7-14(4)12(16)10-6-5-9(3)17-10/h5-6,8H,7H2,1-4H3,(H,13,15). The predicted molar refractivity (Wildman–Crippen MR) is 69.3 cm³/mol. The largest absolute Gasteiger partial charge is 0.352 e. The second-order valence-corrected chi connectivity index (χ2v) is 5.58. The predicted octanol–water partition coefficient (Wildman–Crippen LogP) is 1.65. The normalized spacial score (nSPS) is 10.4. The second-order valence-electron chi connectivity index (χ2n) is 4.29. The molecule has 0 atom stereocenters. The van der Waals surface area contributed by atoms with Gasteiger partial charge >= 0.3 is 0 Å². The van der Waals surface area contributed by atoms with Crippen molar-refractivity contribution < 1.29 is 9.59 Å². The van der Waals surface area contributed by atoms with Gasteiger partial charge in [-0.15, -0.1) is 11.3 Å². The van der Waals surface area contributed by atoms with Crippen LogP contribution in [0, 0.1) is 6.92 Å². The molecule has 0 aliphatic heterocycles. The third-order valence-electron chi connectivity index (χ3n) is 2.13. The van der Waals surface area contributed by atoms with Gasteiger partial charge in [0.1, 0.15) is 0 Å². The summed E-state index contributed by atoms with van der Waals surface area (Å²) in [6, 6.07) is 3.79. The van der Waals surface area contributed by atoms with Crippen LogP contribution in [0.1, 0.15) is 28.4 Å². The SMILES string of the molecule is Cc1ccc(C(=O)N(C)CC(=O)NC(C)C)s1. The van der Waals surface area contributed by atoms with Gasteiger partial charge in [-0.3, -0.25) is 9.59 Å². The molecule has 0 radical (unpaired) electrons. The molecule has 0 saturated heterocycles. The third kappa shape index (κ3) is 4.19. The van der Waals surface area contributed by atoms with Crippen LogP contribution >= 0.6 is 11.3 Å². The molecule has 0 saturated carbocycles. The van der Waals surface area contributed by atoms with Crippen molar-refractivity contribution in [2.45, 2.75) is 26.8 Å². The third-order valence-corrected chi connectivity index (χ3v) is 3.12. The van der Waals surface area contributed by atoms with Gasteiger partial charge in [-0.2, -0.15) is 0 Å². The number of carbonyl (C=O) groups is 2. The van der Waals surface area contributed by atoms with Crippen LogP contribution in [0.2, 0.25) is 0 Å². The summed E-state index contributed by atoms with van der Waals surface area (Å²) in [5.74, 6) is -0.244. The van der Waals surface area contributed by atoms with Gasteiger partial charge < -0.3 is 10.2 Å². The summed E-state index contributed by atoms with van der Waals surface area (Å²) in [4.78, 5) is 26.6. The Kier molecular flexibility index (Phi) is 4.69. The maximum Gasteiger partial charge on any atom is 0.264 e. The molecule has 1 aromatic heterocycles. The summed E-state index contributed by atoms with van der Waals surface area (Å²) in [6.45, 7) is 5.82. The lowest BCUT2D eigenvalue weighted by Gasteiger charge is -2.17. The molecule has 0 spiro atoms. The van der Waals surface area contributed by atoms with E-state index in [-0.39, 0.29) is 24.4 Å². The van der Waals surface area contributed by atoms with Crippen LogP contribution in [0.15, 0.2) is 12.1 Å². The Hall–Kier alpha value is -1.36. The van der Waals surface area contributed by atoms with Crippen LogP contribution in [0.25, 0.3) is 0 Å². The Labute approximate surface area is 106 Å². The average Bonchev–Trinajstić information content (AvgIpc) is 2.62. The van der Waals surface area contributed by atoms with E-state index in [1.807, 2.05) is 26.8 Å². The first-order chi connectivity index (χ1) is 7.90. The minimum absolute atomic E-state index is 0.0912. The van der Waals surface area contributed by atoms with Gasteiger partial charge in [-0.1, -0.05) is 0 Å². The zero-order valence-corrected chi connectivity index (χ0v) is 11.4. The Morgan fingerprint density at radius 3 is 2.53 bits per heavy atom. The van der Waals surface area contributed by atoms with Gasteiger partial charge in [0.2, 0.25) is 5.91 Å². The van der Waals surface area contributed by atoms with E-state index in [4.69, 9.17) is 0 Å². The maximum atomic E-state index is 11.9. The van der Waals surface area contributed by atoms with Gasteiger partial charge in [-0.25, -0.2) is 0 Å². The molecule has 4 nitrogen and oxygen atoms in total. The van der Waals surface area contributed by atoms with E-state index in [0.717, 1.165) is 4.88 Å². The lowest BCUT2D eigenvalue weighted by atomic mass is 10.3. The summed E-state index contributed by atoms with van der Waals surface area (Å²) in [7, 11) is 1.64. The fraction of sp³-hybridized carbons (Fsp3) is 0.500. The molecule has 94 valence electrons. The van der Waals surface area contributed by atoms with Crippen molar-refractivity contribution >= 4 is 23.2 Å². The first-order valence-corrected chi connectivity index (χ1v) is 6.33. The van der Waals surface area contributed by atoms with Crippen molar-refractivity contribution in [3.05, 3.63) is 21.9 Å². The smallest absolute Gasteiger partial charge is 0.264 e. The van der Waals surface area contributed by atoms with Crippen LogP contribution in [-0.4, -0.2) is 36.3 Å². The van der Waals surface area contributed by atoms with E-state index in [1.54, 1.807) is 13.1 Å². The van der Waals surface area contributed by atoms with Gasteiger partial charge in [-0.05, 0) is 32.9 Å². The number of thiophene rings is 1. The zero-order chi connectivity index (χ0) is 13.0. The Balaban J connectivity index is 2.56. The Morgan fingerprint density at radius 1 is 1.41 bits per heavy atom. The molecule has 1 N–H and O–H groups in total. The van der Waals surface area contributed by atoms with E-state index in [1.165, 1.54) is 16.2 Å². The summed E-state index contributed by atoms with van der Waals surface area (Å²) < 4.78 is 0. The van der Waals surface area contributed by atoms with Gasteiger partial charge in [0, 0.05) is 18.0 Å². The molecule has 1 aromatic rings. The van der Waals surface area contributed by atoms with Crippen molar-refractivity contribution in [3.63, 3.8) is 0 Å². The van der Waals surface area contributed by atoms with Gasteiger partial charge in [0.25, 0.3) is 5.91 Å². The first kappa shape index (κ1) is 13.7. The number of rotatable bonds is 4. The van der Waals surface area contributed by atoms with Crippen molar-refractivity contribution in [2.24, 2.45) is 0 Å². The molecule has 1 heterocycles. The van der Waals surface area contributed by atoms with Crippen LogP contribution < -0.4 is 5.32 Å². The lowest BCUT2D eigenvalue weighted by molar-refractivity contribution is -0.122. The number of nitrogens with one attached hydrogen (secondary N) is 1. The number of carbonyl (C=O) groups excluding carboxylic acids is 2. The second kappa shape index (κ2) is 5.82. The van der Waals surface area contributed by atoms with Crippen LogP contribution in [0.3, 0.4) is 0 Å². The molecular weight excluding hydrogens is 236 g/mol. The molecule has 0 fully saturated rings. The lowest BCUT2D eigenvalue weighted by Crippen LogP contribution is -2.40. The molecule has 0 aliphatic rings. The molecule has 0 aromatic carbocycles. The van der Waals surface area contributed by atoms with E-state index in [2.05, 4.69) is 5.32 Å². The number of amides is 2. The topological polar surface area (TPSA) is 49.4 Å². The molecule has 0 unspecified atom stereocenters. The number of aryl methyl sites for hydroxylation is 1. The van der Waals surface area contributed by atoms with Crippen molar-refractivity contribution in [2.75, 3.05) is 13.6 Å². The highest BCUT2D eigenvalue weighted by molar-refractivity contribution is 7.13. The van der Waals surface area contributed by atoms with Crippen molar-refractivity contribution in [3.8, 4) is 0 Å². The fourth-order valence-corrected chi connectivity index (χ4v) is 2.25. The fourth-order valence-electron chi connectivity index (χ4n) is 1.39. The quantitative estimate of drug-likeness (QED) is 0.888. The number of hydrogen-bond donors (Lipinski definition) is 1. The number of hydrogen-bond acceptors (Lipinski definition) is 3. The molecule has 17 heavy (non-hydrogen) atoms. The van der Waals surface area contributed by atoms with Gasteiger partial charge in [0.05, 0.1) is 11.4 Å². The van der Waals surface area contributed by atoms with E-state index in [0.29, 0.717) is 4.88 Å². The van der Waals surface area contributed by atoms with E-state index in [9.17, 15) is 9.59 Å². The summed E-state index contributed by atoms with van der Waals surface area (Å²) >= 11 is 1.44. The van der Waals surface area contributed by atoms with Crippen LogP contribution in [-0.2, 0) is 4.79 Å². The average molecular weight is 254 g/mol. The summed E-state index contributed by atoms with van der Waals surface area (Å²) in [6.07, 6.45) is 0. The highest BCUT2D eigenvalue weighted by Crippen LogP contribution is 2.16. The van der Waals surface area contributed by atoms with E-state index < -0.39 is 0 Å². The minimum atomic E-state index is -0.135. The molecule has 2 amide bonds. The Morgan fingerprint density at radius 2 is 2.06 bits per heavy atom. The van der Waals surface area contributed by atoms with E-state index >= 15 is 0 Å². The maximum absolute atomic E-state index is 11.9. The Bertz CT molecular complexity index is 412. The first-order valence-electron chi connectivity index (χ1n) is 5.51. The highest BCUT2D eigenvalue weighted by Gasteiger charge is 2.16. The van der Waals surface area contributed by atoms with Crippen LogP contribution in [0.5, 0.6) is 0 Å². The zero-order valence-electron chi connectivity index (χ0n) is 10.6. The van der Waals surface area contributed by atoms with Gasteiger partial charge in [0.15, 0.2) is 0 Å². The highest BCUT2D eigenvalue weighted by atomic mass is 32.1. The monoisotopic (exact) mass is 254 g/mol. The molecule has 1 rings (SSSR count). The summed E-state index contributed by atoms with van der Waals surface area (Å²) in [5.41, 5.74) is 0. The van der Waals surface area contributed by atoms with Crippen molar-refractivity contribution in [1.82, 2.24) is 10.2 Å². The minimum Gasteiger partial charge on any atom is -0.352 e. The number of likely N-dealkylation sites (N-methyl/N-ethyl adjacent to an activating group) is 1. The molecule has 5 heteroatoms. The summed E-state index contributed by atoms with van der Waals surface area (Å²) in [5, 5.41) is 2.76. The molecule has 0 bridgehead atoms. The van der Waals surface area contributed by atoms with Crippen molar-refractivity contribution in [1.29, 1.82) is 0 Å². The number of nitrogens with zero attached hydrogens (tertiary/aromatic N) is 1. The van der Waals surface area contributed by atoms with Crippen LogP contribution in [0.4, 0.5) is 0 Å².